The molecule has 5 rings (SSSR count). The quantitative estimate of drug-likeness (QED) is 0.212. The van der Waals surface area contributed by atoms with E-state index >= 15 is 0 Å². The van der Waals surface area contributed by atoms with E-state index in [9.17, 15) is 9.59 Å². The van der Waals surface area contributed by atoms with E-state index in [1.54, 1.807) is 30.5 Å². The summed E-state index contributed by atoms with van der Waals surface area (Å²) in [4.78, 5) is 32.6. The fraction of sp³-hybridized carbons (Fsp3) is 0.179. The Morgan fingerprint density at radius 2 is 2.03 bits per heavy atom. The molecule has 0 aliphatic carbocycles. The number of allylic oxidation sites excluding steroid dienone is 1. The summed E-state index contributed by atoms with van der Waals surface area (Å²) in [5.74, 6) is 0.165. The number of carbonyl (C=O) groups excluding carboxylic acids is 1. The summed E-state index contributed by atoms with van der Waals surface area (Å²) in [6, 6.07) is 14.1. The normalized spacial score (nSPS) is 15.2. The molecule has 1 atom stereocenters. The summed E-state index contributed by atoms with van der Waals surface area (Å²) >= 11 is 18.6. The summed E-state index contributed by atoms with van der Waals surface area (Å²) in [6.45, 7) is 4.04. The van der Waals surface area contributed by atoms with E-state index in [0.29, 0.717) is 36.4 Å². The van der Waals surface area contributed by atoms with Crippen LogP contribution >= 0.6 is 61.8 Å². The molecule has 1 aliphatic rings. The Morgan fingerprint density at radius 1 is 1.21 bits per heavy atom. The molecule has 4 aromatic rings. The number of hydrogen-bond acceptors (Lipinski definition) is 7. The number of carbonyl (C=O) groups is 1. The predicted molar refractivity (Wildman–Crippen MR) is 160 cm³/mol. The van der Waals surface area contributed by atoms with Crippen molar-refractivity contribution in [3.8, 4) is 5.75 Å². The molecule has 2 aromatic heterocycles. The average molecular weight is 664 g/mol. The summed E-state index contributed by atoms with van der Waals surface area (Å²) < 4.78 is 14.1. The first-order valence-electron chi connectivity index (χ1n) is 11.9. The van der Waals surface area contributed by atoms with Gasteiger partial charge in [-0.25, -0.2) is 9.79 Å². The molecule has 0 fully saturated rings. The van der Waals surface area contributed by atoms with Gasteiger partial charge in [-0.3, -0.25) is 9.36 Å². The standard InChI is InChI=1S/C28H21BrCl2N2O4S2/c1-3-36-27(35)24-15(2)32-28-33(25(24)22-5-4-10-38-22)26(34)23(39-28)12-16-6-9-21(19(29)11-16)37-14-17-7-8-18(30)13-20(17)31/h4-13,25H,3,14H2,1-2H3/b23-12-/t25-/m1/s1. The minimum absolute atomic E-state index is 0.222. The van der Waals surface area contributed by atoms with Crippen LogP contribution in [0.25, 0.3) is 6.08 Å². The van der Waals surface area contributed by atoms with Crippen molar-refractivity contribution in [2.24, 2.45) is 4.99 Å². The highest BCUT2D eigenvalue weighted by Gasteiger charge is 2.33. The van der Waals surface area contributed by atoms with Crippen molar-refractivity contribution in [1.29, 1.82) is 0 Å². The Morgan fingerprint density at radius 3 is 2.72 bits per heavy atom. The number of halogens is 3. The number of hydrogen-bond donors (Lipinski definition) is 0. The van der Waals surface area contributed by atoms with Crippen molar-refractivity contribution in [3.05, 3.63) is 115 Å². The lowest BCUT2D eigenvalue weighted by Crippen LogP contribution is -2.39. The fourth-order valence-corrected chi connectivity index (χ4v) is 7.02. The maximum Gasteiger partial charge on any atom is 0.338 e. The Labute approximate surface area is 250 Å². The molecular weight excluding hydrogens is 643 g/mol. The molecule has 0 amide bonds. The molecule has 6 nitrogen and oxygen atoms in total. The van der Waals surface area contributed by atoms with Crippen LogP contribution in [0.5, 0.6) is 5.75 Å². The first kappa shape index (κ1) is 27.9. The summed E-state index contributed by atoms with van der Waals surface area (Å²) in [5.41, 5.74) is 2.32. The van der Waals surface area contributed by atoms with Crippen molar-refractivity contribution in [2.45, 2.75) is 26.5 Å². The molecule has 1 aliphatic heterocycles. The molecule has 0 spiro atoms. The van der Waals surface area contributed by atoms with E-state index in [0.717, 1.165) is 20.5 Å². The van der Waals surface area contributed by atoms with Gasteiger partial charge in [-0.1, -0.05) is 52.7 Å². The molecular formula is C28H21BrCl2N2O4S2. The second-order valence-corrected chi connectivity index (χ2v) is 12.2. The zero-order valence-corrected chi connectivity index (χ0v) is 25.5. The molecule has 3 heterocycles. The Bertz CT molecular complexity index is 1780. The topological polar surface area (TPSA) is 69.9 Å². The number of fused-ring (bicyclic) bond motifs is 1. The summed E-state index contributed by atoms with van der Waals surface area (Å²) in [7, 11) is 0. The Balaban J connectivity index is 1.49. The third kappa shape index (κ3) is 5.78. The Hall–Kier alpha value is -2.69. The summed E-state index contributed by atoms with van der Waals surface area (Å²) in [5, 5.41) is 3.02. The molecule has 200 valence electrons. The van der Waals surface area contributed by atoms with Crippen LogP contribution in [-0.4, -0.2) is 17.1 Å². The smallest absolute Gasteiger partial charge is 0.338 e. The molecule has 11 heteroatoms. The van der Waals surface area contributed by atoms with Crippen LogP contribution in [-0.2, 0) is 16.1 Å². The van der Waals surface area contributed by atoms with Gasteiger partial charge in [0, 0.05) is 20.5 Å². The number of thiophene rings is 1. The van der Waals surface area contributed by atoms with Crippen LogP contribution in [0.4, 0.5) is 0 Å². The van der Waals surface area contributed by atoms with Gasteiger partial charge in [-0.2, -0.15) is 0 Å². The lowest BCUT2D eigenvalue weighted by Gasteiger charge is -2.23. The van der Waals surface area contributed by atoms with Gasteiger partial charge in [-0.15, -0.1) is 11.3 Å². The van der Waals surface area contributed by atoms with E-state index in [4.69, 9.17) is 32.7 Å². The fourth-order valence-electron chi connectivity index (χ4n) is 4.18. The Kier molecular flexibility index (Phi) is 8.44. The lowest BCUT2D eigenvalue weighted by molar-refractivity contribution is -0.139. The van der Waals surface area contributed by atoms with Gasteiger partial charge in [0.05, 0.1) is 26.9 Å². The first-order valence-corrected chi connectivity index (χ1v) is 15.1. The highest BCUT2D eigenvalue weighted by Crippen LogP contribution is 2.33. The lowest BCUT2D eigenvalue weighted by atomic mass is 10.0. The second kappa shape index (κ2) is 11.8. The van der Waals surface area contributed by atoms with Gasteiger partial charge in [0.25, 0.3) is 5.56 Å². The van der Waals surface area contributed by atoms with E-state index < -0.39 is 12.0 Å². The van der Waals surface area contributed by atoms with Crippen LogP contribution in [0.1, 0.15) is 35.9 Å². The maximum absolute atomic E-state index is 13.7. The van der Waals surface area contributed by atoms with E-state index in [-0.39, 0.29) is 18.8 Å². The third-order valence-corrected chi connectivity index (χ3v) is 9.10. The zero-order chi connectivity index (χ0) is 27.7. The molecule has 0 saturated heterocycles. The van der Waals surface area contributed by atoms with E-state index in [1.165, 1.54) is 22.7 Å². The maximum atomic E-state index is 13.7. The van der Waals surface area contributed by atoms with Crippen molar-refractivity contribution >= 4 is 73.9 Å². The monoisotopic (exact) mass is 662 g/mol. The van der Waals surface area contributed by atoms with Crippen molar-refractivity contribution < 1.29 is 14.3 Å². The van der Waals surface area contributed by atoms with Gasteiger partial charge in [-0.05, 0) is 77.1 Å². The largest absolute Gasteiger partial charge is 0.488 e. The van der Waals surface area contributed by atoms with Crippen LogP contribution in [0.3, 0.4) is 0 Å². The number of ether oxygens (including phenoxy) is 2. The van der Waals surface area contributed by atoms with Gasteiger partial charge in [0.2, 0.25) is 0 Å². The van der Waals surface area contributed by atoms with Gasteiger partial charge in [0.15, 0.2) is 4.80 Å². The van der Waals surface area contributed by atoms with Crippen LogP contribution < -0.4 is 19.6 Å². The second-order valence-electron chi connectivity index (χ2n) is 8.53. The predicted octanol–water partition coefficient (Wildman–Crippen LogP) is 6.51. The molecule has 0 N–H and O–H groups in total. The molecule has 0 unspecified atom stereocenters. The van der Waals surface area contributed by atoms with Crippen molar-refractivity contribution in [2.75, 3.05) is 6.61 Å². The van der Waals surface area contributed by atoms with Gasteiger partial charge >= 0.3 is 5.97 Å². The minimum atomic E-state index is -0.593. The zero-order valence-electron chi connectivity index (χ0n) is 20.7. The number of esters is 1. The minimum Gasteiger partial charge on any atom is -0.488 e. The third-order valence-electron chi connectivity index (χ3n) is 5.98. The van der Waals surface area contributed by atoms with Crippen LogP contribution in [0.2, 0.25) is 10.0 Å². The number of thiazole rings is 1. The van der Waals surface area contributed by atoms with Crippen LogP contribution in [0.15, 0.2) is 79.4 Å². The molecule has 39 heavy (non-hydrogen) atoms. The van der Waals surface area contributed by atoms with E-state index in [2.05, 4.69) is 20.9 Å². The van der Waals surface area contributed by atoms with Gasteiger partial charge < -0.3 is 9.47 Å². The number of benzene rings is 2. The van der Waals surface area contributed by atoms with Crippen LogP contribution in [0, 0.1) is 0 Å². The van der Waals surface area contributed by atoms with E-state index in [1.807, 2.05) is 47.9 Å². The van der Waals surface area contributed by atoms with Crippen molar-refractivity contribution in [1.82, 2.24) is 4.57 Å². The van der Waals surface area contributed by atoms with Crippen molar-refractivity contribution in [3.63, 3.8) is 0 Å². The number of aromatic nitrogens is 1. The molecule has 0 radical (unpaired) electrons. The number of rotatable bonds is 7. The highest BCUT2D eigenvalue weighted by atomic mass is 79.9. The first-order chi connectivity index (χ1) is 18.8. The summed E-state index contributed by atoms with van der Waals surface area (Å²) in [6.07, 6.45) is 1.81. The number of nitrogens with zero attached hydrogens (tertiary/aromatic N) is 2. The van der Waals surface area contributed by atoms with Gasteiger partial charge in [0.1, 0.15) is 18.4 Å². The highest BCUT2D eigenvalue weighted by molar-refractivity contribution is 9.10. The molecule has 0 saturated carbocycles. The molecule has 2 aromatic carbocycles. The molecule has 0 bridgehead atoms. The average Bonchev–Trinajstić information content (AvgIpc) is 3.52. The SMILES string of the molecule is CCOC(=O)C1=C(C)N=c2s/c(=C\c3ccc(OCc4ccc(Cl)cc4Cl)c(Br)c3)c(=O)n2[C@@H]1c1cccs1.